The van der Waals surface area contributed by atoms with Crippen molar-refractivity contribution in [2.75, 3.05) is 12.3 Å². The third-order valence-electron chi connectivity index (χ3n) is 2.89. The molecular formula is C14H21ClN2O2. The minimum atomic E-state index is -0.446. The molecule has 1 aromatic carbocycles. The first-order chi connectivity index (χ1) is 8.35. The third kappa shape index (κ3) is 4.03. The number of ether oxygens (including phenoxy) is 1. The fraction of sp³-hybridized carbons (Fsp3) is 0.500. The molecule has 0 saturated heterocycles. The molecule has 0 spiro atoms. The molecule has 0 aliphatic carbocycles. The van der Waals surface area contributed by atoms with E-state index < -0.39 is 5.60 Å². The molecular weight excluding hydrogens is 264 g/mol. The topological polar surface area (TPSA) is 55.6 Å². The smallest absolute Gasteiger partial charge is 0.410 e. The lowest BCUT2D eigenvalue weighted by molar-refractivity contribution is 0.0224. The molecule has 0 fully saturated rings. The number of anilines is 1. The Labute approximate surface area is 120 Å². The van der Waals surface area contributed by atoms with Crippen molar-refractivity contribution in [2.24, 2.45) is 0 Å². The molecule has 1 aliphatic heterocycles. The monoisotopic (exact) mass is 284 g/mol. The van der Waals surface area contributed by atoms with Gasteiger partial charge in [0.2, 0.25) is 0 Å². The van der Waals surface area contributed by atoms with E-state index in [-0.39, 0.29) is 18.5 Å². The van der Waals surface area contributed by atoms with Crippen molar-refractivity contribution in [2.45, 2.75) is 39.3 Å². The van der Waals surface area contributed by atoms with Crippen molar-refractivity contribution in [3.63, 3.8) is 0 Å². The van der Waals surface area contributed by atoms with Crippen LogP contribution in [0.2, 0.25) is 0 Å². The first-order valence-corrected chi connectivity index (χ1v) is 6.20. The SMILES string of the molecule is CC(C)(C)OC(=O)N1CCc2cc(N)ccc2C1.Cl. The van der Waals surface area contributed by atoms with Gasteiger partial charge in [-0.1, -0.05) is 6.07 Å². The third-order valence-corrected chi connectivity index (χ3v) is 2.89. The van der Waals surface area contributed by atoms with E-state index in [0.29, 0.717) is 13.1 Å². The van der Waals surface area contributed by atoms with Gasteiger partial charge in [0.15, 0.2) is 0 Å². The van der Waals surface area contributed by atoms with Gasteiger partial charge in [-0.2, -0.15) is 0 Å². The van der Waals surface area contributed by atoms with Crippen molar-refractivity contribution in [1.82, 2.24) is 4.90 Å². The average Bonchev–Trinajstić information content (AvgIpc) is 2.26. The predicted molar refractivity (Wildman–Crippen MR) is 78.5 cm³/mol. The predicted octanol–water partition coefficient (Wildman–Crippen LogP) is 2.98. The van der Waals surface area contributed by atoms with Gasteiger partial charge in [0.1, 0.15) is 5.60 Å². The van der Waals surface area contributed by atoms with E-state index in [0.717, 1.165) is 17.7 Å². The molecule has 0 aromatic heterocycles. The molecule has 0 saturated carbocycles. The van der Waals surface area contributed by atoms with Gasteiger partial charge in [-0.05, 0) is 50.5 Å². The van der Waals surface area contributed by atoms with Crippen LogP contribution < -0.4 is 5.73 Å². The summed E-state index contributed by atoms with van der Waals surface area (Å²) in [6, 6.07) is 5.85. The van der Waals surface area contributed by atoms with Gasteiger partial charge in [0.05, 0.1) is 0 Å². The lowest BCUT2D eigenvalue weighted by Crippen LogP contribution is -2.39. The van der Waals surface area contributed by atoms with Crippen LogP contribution in [0, 0.1) is 0 Å². The second-order valence-corrected chi connectivity index (χ2v) is 5.68. The van der Waals surface area contributed by atoms with E-state index in [4.69, 9.17) is 10.5 Å². The largest absolute Gasteiger partial charge is 0.444 e. The lowest BCUT2D eigenvalue weighted by Gasteiger charge is -2.31. The first kappa shape index (κ1) is 15.6. The number of benzene rings is 1. The number of nitrogens with two attached hydrogens (primary N) is 1. The summed E-state index contributed by atoms with van der Waals surface area (Å²) in [6.45, 7) is 6.92. The number of halogens is 1. The van der Waals surface area contributed by atoms with Gasteiger partial charge in [-0.25, -0.2) is 4.79 Å². The Bertz CT molecular complexity index is 469. The minimum absolute atomic E-state index is 0. The number of amides is 1. The number of carbonyl (C=O) groups is 1. The Morgan fingerprint density at radius 3 is 2.63 bits per heavy atom. The number of hydrogen-bond donors (Lipinski definition) is 1. The minimum Gasteiger partial charge on any atom is -0.444 e. The number of hydrogen-bond acceptors (Lipinski definition) is 3. The molecule has 19 heavy (non-hydrogen) atoms. The molecule has 2 N–H and O–H groups in total. The van der Waals surface area contributed by atoms with E-state index >= 15 is 0 Å². The number of fused-ring (bicyclic) bond motifs is 1. The molecule has 1 aliphatic rings. The molecule has 0 radical (unpaired) electrons. The molecule has 0 atom stereocenters. The molecule has 1 aromatic rings. The van der Waals surface area contributed by atoms with Crippen LogP contribution in [-0.4, -0.2) is 23.1 Å². The molecule has 0 unspecified atom stereocenters. The summed E-state index contributed by atoms with van der Waals surface area (Å²) in [4.78, 5) is 13.7. The zero-order valence-corrected chi connectivity index (χ0v) is 12.4. The second kappa shape index (κ2) is 5.70. The maximum Gasteiger partial charge on any atom is 0.410 e. The van der Waals surface area contributed by atoms with Crippen LogP contribution in [-0.2, 0) is 17.7 Å². The van der Waals surface area contributed by atoms with E-state index in [1.165, 1.54) is 5.56 Å². The van der Waals surface area contributed by atoms with E-state index in [1.54, 1.807) is 4.90 Å². The fourth-order valence-electron chi connectivity index (χ4n) is 2.06. The molecule has 2 rings (SSSR count). The summed E-state index contributed by atoms with van der Waals surface area (Å²) in [5.41, 5.74) is 8.47. The van der Waals surface area contributed by atoms with Gasteiger partial charge in [-0.3, -0.25) is 0 Å². The number of nitrogen functional groups attached to an aromatic ring is 1. The number of rotatable bonds is 0. The molecule has 1 heterocycles. The van der Waals surface area contributed by atoms with Crippen LogP contribution >= 0.6 is 12.4 Å². The van der Waals surface area contributed by atoms with Crippen molar-refractivity contribution in [3.8, 4) is 0 Å². The summed E-state index contributed by atoms with van der Waals surface area (Å²) < 4.78 is 5.38. The van der Waals surface area contributed by atoms with Crippen LogP contribution in [0.1, 0.15) is 31.9 Å². The maximum atomic E-state index is 12.0. The standard InChI is InChI=1S/C14H20N2O2.ClH/c1-14(2,3)18-13(17)16-7-6-10-8-12(15)5-4-11(10)9-16;/h4-5,8H,6-7,9,15H2,1-3H3;1H. The number of nitrogens with zero attached hydrogens (tertiary/aromatic N) is 1. The van der Waals surface area contributed by atoms with Gasteiger partial charge in [-0.15, -0.1) is 12.4 Å². The molecule has 106 valence electrons. The zero-order chi connectivity index (χ0) is 13.3. The Morgan fingerprint density at radius 2 is 2.00 bits per heavy atom. The van der Waals surface area contributed by atoms with E-state index in [2.05, 4.69) is 0 Å². The van der Waals surface area contributed by atoms with Crippen molar-refractivity contribution in [1.29, 1.82) is 0 Å². The van der Waals surface area contributed by atoms with Crippen LogP contribution in [0.4, 0.5) is 10.5 Å². The Balaban J connectivity index is 0.00000180. The lowest BCUT2D eigenvalue weighted by atomic mass is 9.99. The zero-order valence-electron chi connectivity index (χ0n) is 11.6. The average molecular weight is 285 g/mol. The molecule has 0 bridgehead atoms. The number of carbonyl (C=O) groups excluding carboxylic acids is 1. The van der Waals surface area contributed by atoms with Crippen LogP contribution in [0.3, 0.4) is 0 Å². The van der Waals surface area contributed by atoms with Crippen LogP contribution in [0.15, 0.2) is 18.2 Å². The normalized spacial score (nSPS) is 14.4. The first-order valence-electron chi connectivity index (χ1n) is 6.20. The van der Waals surface area contributed by atoms with Gasteiger partial charge >= 0.3 is 6.09 Å². The Hall–Kier alpha value is -1.42. The highest BCUT2D eigenvalue weighted by molar-refractivity contribution is 5.85. The fourth-order valence-corrected chi connectivity index (χ4v) is 2.06. The maximum absolute atomic E-state index is 12.0. The summed E-state index contributed by atoms with van der Waals surface area (Å²) in [5, 5.41) is 0. The van der Waals surface area contributed by atoms with Crippen molar-refractivity contribution < 1.29 is 9.53 Å². The highest BCUT2D eigenvalue weighted by Crippen LogP contribution is 2.22. The van der Waals surface area contributed by atoms with Crippen molar-refractivity contribution in [3.05, 3.63) is 29.3 Å². The van der Waals surface area contributed by atoms with Gasteiger partial charge in [0.25, 0.3) is 0 Å². The van der Waals surface area contributed by atoms with E-state index in [9.17, 15) is 4.79 Å². The summed E-state index contributed by atoms with van der Waals surface area (Å²) in [7, 11) is 0. The van der Waals surface area contributed by atoms with Crippen LogP contribution in [0.25, 0.3) is 0 Å². The molecule has 5 heteroatoms. The van der Waals surface area contributed by atoms with Crippen LogP contribution in [0.5, 0.6) is 0 Å². The second-order valence-electron chi connectivity index (χ2n) is 5.68. The molecule has 1 amide bonds. The summed E-state index contributed by atoms with van der Waals surface area (Å²) in [5.74, 6) is 0. The quantitative estimate of drug-likeness (QED) is 0.745. The summed E-state index contributed by atoms with van der Waals surface area (Å²) in [6.07, 6.45) is 0.588. The van der Waals surface area contributed by atoms with Gasteiger partial charge < -0.3 is 15.4 Å². The Morgan fingerprint density at radius 1 is 1.32 bits per heavy atom. The highest BCUT2D eigenvalue weighted by atomic mass is 35.5. The Kier molecular flexibility index (Phi) is 4.69. The molecule has 4 nitrogen and oxygen atoms in total. The van der Waals surface area contributed by atoms with Gasteiger partial charge in [0, 0.05) is 18.8 Å². The van der Waals surface area contributed by atoms with E-state index in [1.807, 2.05) is 39.0 Å². The summed E-state index contributed by atoms with van der Waals surface area (Å²) >= 11 is 0. The highest BCUT2D eigenvalue weighted by Gasteiger charge is 2.25. The van der Waals surface area contributed by atoms with Crippen molar-refractivity contribution >= 4 is 24.2 Å².